The van der Waals surface area contributed by atoms with E-state index in [0.717, 1.165) is 17.5 Å². The molecule has 218 valence electrons. The number of anilines is 2. The summed E-state index contributed by atoms with van der Waals surface area (Å²) in [7, 11) is 3.22. The average Bonchev–Trinajstić information content (AvgIpc) is 3.00. The average molecular weight is 570 g/mol. The van der Waals surface area contributed by atoms with Gasteiger partial charge in [0.1, 0.15) is 23.3 Å². The second kappa shape index (κ2) is 12.7. The van der Waals surface area contributed by atoms with Crippen LogP contribution in [0.15, 0.2) is 79.1 Å². The van der Waals surface area contributed by atoms with E-state index in [9.17, 15) is 19.5 Å². The number of nitrogens with zero attached hydrogens (tertiary/aromatic N) is 2. The third-order valence-corrected chi connectivity index (χ3v) is 6.85. The third-order valence-electron chi connectivity index (χ3n) is 6.85. The molecule has 1 amide bonds. The molecule has 0 saturated carbocycles. The number of carbonyl (C=O) groups excluding carboxylic acids is 3. The van der Waals surface area contributed by atoms with Gasteiger partial charge in [-0.3, -0.25) is 14.6 Å². The number of ether oxygens (including phenoxy) is 2. The van der Waals surface area contributed by atoms with Gasteiger partial charge >= 0.3 is 5.97 Å². The summed E-state index contributed by atoms with van der Waals surface area (Å²) in [4.78, 5) is 40.8. The maximum absolute atomic E-state index is 12.8. The number of aliphatic hydroxyl groups excluding tert-OH is 1. The minimum Gasteiger partial charge on any atom is -0.496 e. The van der Waals surface area contributed by atoms with Gasteiger partial charge in [0.05, 0.1) is 30.7 Å². The number of rotatable bonds is 6. The molecule has 2 N–H and O–H groups in total. The molecule has 1 aromatic heterocycles. The first-order valence-corrected chi connectivity index (χ1v) is 13.2. The van der Waals surface area contributed by atoms with Crippen LogP contribution < -0.4 is 19.7 Å². The summed E-state index contributed by atoms with van der Waals surface area (Å²) < 4.78 is 11.0. The van der Waals surface area contributed by atoms with E-state index in [1.165, 1.54) is 18.9 Å². The van der Waals surface area contributed by atoms with Crippen molar-refractivity contribution in [2.45, 2.75) is 32.9 Å². The highest BCUT2D eigenvalue weighted by atomic mass is 16.5. The minimum absolute atomic E-state index is 0. The molecule has 2 heterocycles. The number of nitrogens with one attached hydrogen (secondary N) is 1. The van der Waals surface area contributed by atoms with Crippen molar-refractivity contribution in [2.75, 3.05) is 24.4 Å². The minimum atomic E-state index is -0.756. The predicted molar refractivity (Wildman–Crippen MR) is 163 cm³/mol. The quantitative estimate of drug-likeness (QED) is 0.173. The van der Waals surface area contributed by atoms with Crippen molar-refractivity contribution in [3.63, 3.8) is 0 Å². The number of amides is 1. The van der Waals surface area contributed by atoms with Gasteiger partial charge in [-0.15, -0.1) is 0 Å². The molecular formula is C33H35N3O6. The first-order valence-electron chi connectivity index (χ1n) is 13.2. The van der Waals surface area contributed by atoms with E-state index < -0.39 is 11.5 Å². The van der Waals surface area contributed by atoms with Crippen LogP contribution in [0.2, 0.25) is 0 Å². The van der Waals surface area contributed by atoms with Crippen molar-refractivity contribution in [2.24, 2.45) is 0 Å². The third kappa shape index (κ3) is 6.31. The molecule has 4 aromatic rings. The maximum atomic E-state index is 12.8. The zero-order valence-corrected chi connectivity index (χ0v) is 24.2. The summed E-state index contributed by atoms with van der Waals surface area (Å²) in [6.07, 6.45) is 3.86. The fourth-order valence-electron chi connectivity index (χ4n) is 4.70. The SMILES string of the molecule is COc1cc(OC(=O)c2cccnc2)ccc1-c1ccc2c(c1CO)N(C)C(=O)C(C)(C)N2.Cc1ccc(C=O)cc1.[HH]. The van der Waals surface area contributed by atoms with Crippen LogP contribution in [0.25, 0.3) is 11.1 Å². The maximum Gasteiger partial charge on any atom is 0.345 e. The van der Waals surface area contributed by atoms with E-state index in [0.29, 0.717) is 39.4 Å². The molecule has 0 atom stereocenters. The van der Waals surface area contributed by atoms with Gasteiger partial charge in [0.2, 0.25) is 0 Å². The highest BCUT2D eigenvalue weighted by molar-refractivity contribution is 6.08. The van der Waals surface area contributed by atoms with E-state index in [2.05, 4.69) is 10.3 Å². The summed E-state index contributed by atoms with van der Waals surface area (Å²) in [5.41, 5.74) is 4.86. The molecule has 5 rings (SSSR count). The Bertz CT molecular complexity index is 1610. The van der Waals surface area contributed by atoms with Gasteiger partial charge in [-0.1, -0.05) is 35.9 Å². The number of carbonyl (C=O) groups is 3. The topological polar surface area (TPSA) is 118 Å². The second-order valence-corrected chi connectivity index (χ2v) is 10.3. The number of benzene rings is 3. The normalized spacial score (nSPS) is 13.2. The molecule has 9 nitrogen and oxygen atoms in total. The molecule has 1 aliphatic rings. The Balaban J connectivity index is 0.000000435. The number of aldehydes is 1. The Morgan fingerprint density at radius 2 is 1.81 bits per heavy atom. The van der Waals surface area contributed by atoms with Crippen molar-refractivity contribution in [1.82, 2.24) is 4.98 Å². The number of hydrogen-bond donors (Lipinski definition) is 2. The van der Waals surface area contributed by atoms with E-state index in [4.69, 9.17) is 9.47 Å². The molecule has 0 radical (unpaired) electrons. The lowest BCUT2D eigenvalue weighted by Gasteiger charge is -2.39. The molecule has 1 aliphatic heterocycles. The van der Waals surface area contributed by atoms with Crippen LogP contribution in [-0.2, 0) is 11.4 Å². The van der Waals surface area contributed by atoms with Gasteiger partial charge in [-0.25, -0.2) is 4.79 Å². The monoisotopic (exact) mass is 569 g/mol. The van der Waals surface area contributed by atoms with E-state index in [-0.39, 0.29) is 13.9 Å². The summed E-state index contributed by atoms with van der Waals surface area (Å²) in [6.45, 7) is 5.35. The van der Waals surface area contributed by atoms with Gasteiger partial charge in [-0.2, -0.15) is 0 Å². The largest absolute Gasteiger partial charge is 0.496 e. The van der Waals surface area contributed by atoms with Crippen molar-refractivity contribution in [3.05, 3.63) is 101 Å². The number of fused-ring (bicyclic) bond motifs is 1. The zero-order valence-electron chi connectivity index (χ0n) is 24.2. The number of esters is 1. The van der Waals surface area contributed by atoms with Crippen LogP contribution in [0.3, 0.4) is 0 Å². The Kier molecular flexibility index (Phi) is 9.02. The molecule has 0 unspecified atom stereocenters. The second-order valence-electron chi connectivity index (χ2n) is 10.3. The van der Waals surface area contributed by atoms with Gasteiger partial charge < -0.3 is 24.8 Å². The van der Waals surface area contributed by atoms with Crippen molar-refractivity contribution in [1.29, 1.82) is 0 Å². The molecule has 9 heteroatoms. The highest BCUT2D eigenvalue weighted by Crippen LogP contribution is 2.44. The van der Waals surface area contributed by atoms with Crippen LogP contribution >= 0.6 is 0 Å². The molecule has 0 aliphatic carbocycles. The lowest BCUT2D eigenvalue weighted by molar-refractivity contribution is -0.121. The number of aromatic nitrogens is 1. The van der Waals surface area contributed by atoms with Gasteiger partial charge in [0.15, 0.2) is 0 Å². The van der Waals surface area contributed by atoms with Crippen LogP contribution in [0.5, 0.6) is 11.5 Å². The number of hydrogen-bond acceptors (Lipinski definition) is 8. The summed E-state index contributed by atoms with van der Waals surface area (Å²) in [5, 5.41) is 13.5. The molecule has 42 heavy (non-hydrogen) atoms. The lowest BCUT2D eigenvalue weighted by atomic mass is 9.92. The molecule has 0 spiro atoms. The van der Waals surface area contributed by atoms with Gasteiger partial charge in [0, 0.05) is 43.6 Å². The molecule has 0 fully saturated rings. The van der Waals surface area contributed by atoms with Crippen LogP contribution in [-0.4, -0.2) is 47.9 Å². The molecule has 3 aromatic carbocycles. The number of aryl methyl sites for hydroxylation is 1. The predicted octanol–water partition coefficient (Wildman–Crippen LogP) is 5.69. The molecule has 0 bridgehead atoms. The van der Waals surface area contributed by atoms with Crippen molar-refractivity contribution in [3.8, 4) is 22.6 Å². The van der Waals surface area contributed by atoms with E-state index in [1.807, 2.05) is 57.2 Å². The van der Waals surface area contributed by atoms with Crippen LogP contribution in [0.4, 0.5) is 11.4 Å². The first kappa shape index (κ1) is 30.0. The number of aliphatic hydroxyl groups is 1. The summed E-state index contributed by atoms with van der Waals surface area (Å²) in [5.74, 6) is 0.130. The van der Waals surface area contributed by atoms with Gasteiger partial charge in [-0.05, 0) is 56.7 Å². The Hall–Kier alpha value is -5.02. The molecule has 0 saturated heterocycles. The van der Waals surface area contributed by atoms with Crippen LogP contribution in [0.1, 0.15) is 47.1 Å². The smallest absolute Gasteiger partial charge is 0.345 e. The fourth-order valence-corrected chi connectivity index (χ4v) is 4.70. The standard InChI is InChI=1S/C25H25N3O5.C8H8O.H2/c1-25(2)24(31)28(3)22-19(14-29)17(9-10-20(22)27-25)18-8-7-16(12-21(18)32-4)33-23(30)15-6-5-11-26-13-15;1-7-2-4-8(6-9)5-3-7;/h5-13,27,29H,14H2,1-4H3;2-6H,1H3;1H. The highest BCUT2D eigenvalue weighted by Gasteiger charge is 2.38. The molecular weight excluding hydrogens is 534 g/mol. The summed E-state index contributed by atoms with van der Waals surface area (Å²) in [6, 6.07) is 19.5. The van der Waals surface area contributed by atoms with E-state index in [1.54, 1.807) is 48.5 Å². The number of likely N-dealkylation sites (N-methyl/N-ethyl adjacent to an activating group) is 1. The number of methoxy groups -OCH3 is 1. The Morgan fingerprint density at radius 3 is 2.43 bits per heavy atom. The Morgan fingerprint density at radius 1 is 1.10 bits per heavy atom. The van der Waals surface area contributed by atoms with Crippen molar-refractivity contribution < 1.29 is 30.4 Å². The summed E-state index contributed by atoms with van der Waals surface area (Å²) >= 11 is 0. The number of pyridine rings is 1. The Labute approximate surface area is 246 Å². The lowest BCUT2D eigenvalue weighted by Crippen LogP contribution is -2.52. The van der Waals surface area contributed by atoms with E-state index >= 15 is 0 Å². The fraction of sp³-hybridized carbons (Fsp3) is 0.212. The zero-order chi connectivity index (χ0) is 30.4. The first-order chi connectivity index (χ1) is 20.1. The van der Waals surface area contributed by atoms with Crippen LogP contribution in [0, 0.1) is 6.92 Å². The van der Waals surface area contributed by atoms with Gasteiger partial charge in [0.25, 0.3) is 5.91 Å². The van der Waals surface area contributed by atoms with Crippen molar-refractivity contribution >= 4 is 29.5 Å².